The van der Waals surface area contributed by atoms with Gasteiger partial charge in [0.25, 0.3) is 0 Å². The number of carbonyl (C=O) groups is 1. The summed E-state index contributed by atoms with van der Waals surface area (Å²) < 4.78 is 5.39. The van der Waals surface area contributed by atoms with Crippen molar-refractivity contribution in [3.05, 3.63) is 45.2 Å². The van der Waals surface area contributed by atoms with Gasteiger partial charge >= 0.3 is 5.97 Å². The van der Waals surface area contributed by atoms with E-state index < -0.39 is 0 Å². The molecule has 158 valence electrons. The molecule has 0 aromatic carbocycles. The van der Waals surface area contributed by atoms with Crippen molar-refractivity contribution < 1.29 is 9.53 Å². The molecule has 0 atom stereocenters. The third-order valence-electron chi connectivity index (χ3n) is 5.61. The van der Waals surface area contributed by atoms with E-state index >= 15 is 0 Å². The van der Waals surface area contributed by atoms with E-state index in [4.69, 9.17) is 4.74 Å². The largest absolute Gasteiger partial charge is 0.462 e. The third kappa shape index (κ3) is 7.86. The Hall–Kier alpha value is -1.79. The molecule has 0 fully saturated rings. The number of carbonyl (C=O) groups excluding carboxylic acids is 1. The lowest BCUT2D eigenvalue weighted by Gasteiger charge is -2.32. The van der Waals surface area contributed by atoms with E-state index in [1.165, 1.54) is 67.4 Å². The van der Waals surface area contributed by atoms with Gasteiger partial charge in [0.15, 0.2) is 0 Å². The van der Waals surface area contributed by atoms with Crippen molar-refractivity contribution in [1.29, 1.82) is 0 Å². The fourth-order valence-electron chi connectivity index (χ4n) is 3.88. The Morgan fingerprint density at radius 1 is 1.21 bits per heavy atom. The summed E-state index contributed by atoms with van der Waals surface area (Å²) in [7, 11) is 0. The Morgan fingerprint density at radius 2 is 1.97 bits per heavy atom. The molecule has 0 bridgehead atoms. The van der Waals surface area contributed by atoms with Crippen LogP contribution in [0, 0.1) is 17.3 Å². The predicted octanol–water partition coefficient (Wildman–Crippen LogP) is 7.70. The third-order valence-corrected chi connectivity index (χ3v) is 6.59. The van der Waals surface area contributed by atoms with Gasteiger partial charge in [0.2, 0.25) is 0 Å². The maximum Gasteiger partial charge on any atom is 0.348 e. The van der Waals surface area contributed by atoms with Gasteiger partial charge in [0, 0.05) is 0 Å². The molecule has 0 aliphatic heterocycles. The maximum atomic E-state index is 12.2. The van der Waals surface area contributed by atoms with Gasteiger partial charge in [-0.25, -0.2) is 4.79 Å². The molecule has 1 heterocycles. The number of hydrogen-bond donors (Lipinski definition) is 0. The van der Waals surface area contributed by atoms with E-state index in [0.717, 1.165) is 17.7 Å². The normalized spacial score (nSPS) is 16.0. The summed E-state index contributed by atoms with van der Waals surface area (Å²) in [6, 6.07) is 3.72. The van der Waals surface area contributed by atoms with Gasteiger partial charge in [-0.3, -0.25) is 0 Å². The molecule has 0 amide bonds. The predicted molar refractivity (Wildman–Crippen MR) is 124 cm³/mol. The summed E-state index contributed by atoms with van der Waals surface area (Å²) in [5.74, 6) is 6.05. The molecular weight excluding hydrogens is 376 g/mol. The number of ether oxygens (including phenoxy) is 1. The Balaban J connectivity index is 1.81. The Kier molecular flexibility index (Phi) is 9.74. The van der Waals surface area contributed by atoms with Crippen LogP contribution in [0.4, 0.5) is 0 Å². The SMILES string of the molecule is CCCCCCCCOC(=O)c1ccc(C#C/C=C/C2=C(C)CCCC2(C)C)s1. The first kappa shape index (κ1) is 23.5. The number of hydrogen-bond acceptors (Lipinski definition) is 3. The molecule has 0 N–H and O–H groups in total. The van der Waals surface area contributed by atoms with Crippen molar-refractivity contribution in [3.63, 3.8) is 0 Å². The lowest BCUT2D eigenvalue weighted by atomic mass is 9.73. The van der Waals surface area contributed by atoms with Crippen LogP contribution in [0.1, 0.15) is 100 Å². The van der Waals surface area contributed by atoms with E-state index in [1.807, 2.05) is 18.2 Å². The molecule has 1 aromatic heterocycles. The van der Waals surface area contributed by atoms with Gasteiger partial charge in [-0.1, -0.05) is 76.4 Å². The van der Waals surface area contributed by atoms with Crippen LogP contribution in [0.5, 0.6) is 0 Å². The van der Waals surface area contributed by atoms with Gasteiger partial charge in [-0.2, -0.15) is 0 Å². The number of allylic oxidation sites excluding steroid dienone is 4. The first-order chi connectivity index (χ1) is 13.9. The van der Waals surface area contributed by atoms with Crippen molar-refractivity contribution in [1.82, 2.24) is 0 Å². The molecule has 3 heteroatoms. The van der Waals surface area contributed by atoms with Crippen LogP contribution in [0.2, 0.25) is 0 Å². The molecule has 1 aromatic rings. The number of unbranched alkanes of at least 4 members (excludes halogenated alkanes) is 5. The van der Waals surface area contributed by atoms with Gasteiger partial charge in [-0.05, 0) is 61.8 Å². The van der Waals surface area contributed by atoms with Crippen molar-refractivity contribution in [2.24, 2.45) is 5.41 Å². The van der Waals surface area contributed by atoms with Crippen LogP contribution in [0.15, 0.2) is 35.4 Å². The van der Waals surface area contributed by atoms with Crippen LogP contribution >= 0.6 is 11.3 Å². The quantitative estimate of drug-likeness (QED) is 0.236. The Morgan fingerprint density at radius 3 is 2.72 bits per heavy atom. The van der Waals surface area contributed by atoms with E-state index in [-0.39, 0.29) is 11.4 Å². The van der Waals surface area contributed by atoms with Gasteiger partial charge < -0.3 is 4.74 Å². The minimum absolute atomic E-state index is 0.225. The van der Waals surface area contributed by atoms with Gasteiger partial charge in [-0.15, -0.1) is 11.3 Å². The molecule has 29 heavy (non-hydrogen) atoms. The highest BCUT2D eigenvalue weighted by Gasteiger charge is 2.26. The highest BCUT2D eigenvalue weighted by atomic mass is 32.1. The van der Waals surface area contributed by atoms with E-state index in [2.05, 4.69) is 45.6 Å². The second-order valence-corrected chi connectivity index (χ2v) is 9.69. The molecule has 1 aliphatic rings. The zero-order valence-corrected chi connectivity index (χ0v) is 19.4. The van der Waals surface area contributed by atoms with Crippen molar-refractivity contribution in [2.45, 2.75) is 85.5 Å². The standard InChI is InChI=1S/C26H36O2S/c1-5-6-7-8-9-12-20-28-25(27)24-18-17-22(29-24)15-10-11-16-23-21(2)14-13-19-26(23,3)4/h11,16-18H,5-9,12-14,19-20H2,1-4H3/b16-11+. The molecular formula is C26H36O2S. The van der Waals surface area contributed by atoms with E-state index in [9.17, 15) is 4.79 Å². The van der Waals surface area contributed by atoms with Crippen molar-refractivity contribution in [2.75, 3.05) is 6.61 Å². The lowest BCUT2D eigenvalue weighted by molar-refractivity contribution is 0.0503. The fourth-order valence-corrected chi connectivity index (χ4v) is 4.64. The second-order valence-electron chi connectivity index (χ2n) is 8.60. The first-order valence-corrected chi connectivity index (χ1v) is 11.9. The molecule has 2 rings (SSSR count). The molecule has 0 spiro atoms. The molecule has 0 radical (unpaired) electrons. The van der Waals surface area contributed by atoms with Crippen molar-refractivity contribution >= 4 is 17.3 Å². The van der Waals surface area contributed by atoms with Gasteiger partial charge in [0.05, 0.1) is 11.5 Å². The van der Waals surface area contributed by atoms with Crippen LogP contribution in [-0.4, -0.2) is 12.6 Å². The highest BCUT2D eigenvalue weighted by molar-refractivity contribution is 7.14. The summed E-state index contributed by atoms with van der Waals surface area (Å²) in [5.41, 5.74) is 3.13. The van der Waals surface area contributed by atoms with Crippen molar-refractivity contribution in [3.8, 4) is 11.8 Å². The number of thiophene rings is 1. The average molecular weight is 413 g/mol. The van der Waals surface area contributed by atoms with Crippen LogP contribution in [0.25, 0.3) is 0 Å². The van der Waals surface area contributed by atoms with Crippen LogP contribution in [0.3, 0.4) is 0 Å². The number of esters is 1. The minimum Gasteiger partial charge on any atom is -0.462 e. The van der Waals surface area contributed by atoms with E-state index in [0.29, 0.717) is 11.5 Å². The summed E-state index contributed by atoms with van der Waals surface area (Å²) in [6.45, 7) is 9.58. The summed E-state index contributed by atoms with van der Waals surface area (Å²) in [6.07, 6.45) is 14.9. The molecule has 1 aliphatic carbocycles. The lowest BCUT2D eigenvalue weighted by Crippen LogP contribution is -2.18. The number of rotatable bonds is 9. The average Bonchev–Trinajstić information content (AvgIpc) is 3.15. The molecule has 2 nitrogen and oxygen atoms in total. The second kappa shape index (κ2) is 12.0. The Bertz CT molecular complexity index is 783. The highest BCUT2D eigenvalue weighted by Crippen LogP contribution is 2.40. The van der Waals surface area contributed by atoms with E-state index in [1.54, 1.807) is 0 Å². The topological polar surface area (TPSA) is 26.3 Å². The summed E-state index contributed by atoms with van der Waals surface area (Å²) in [5, 5.41) is 0. The molecule has 0 saturated carbocycles. The minimum atomic E-state index is -0.225. The zero-order chi connectivity index (χ0) is 21.1. The monoisotopic (exact) mass is 412 g/mol. The smallest absolute Gasteiger partial charge is 0.348 e. The molecule has 0 saturated heterocycles. The molecule has 0 unspecified atom stereocenters. The summed E-state index contributed by atoms with van der Waals surface area (Å²) >= 11 is 1.41. The summed E-state index contributed by atoms with van der Waals surface area (Å²) in [4.78, 5) is 13.7. The zero-order valence-electron chi connectivity index (χ0n) is 18.6. The maximum absolute atomic E-state index is 12.2. The Labute approximate surface area is 181 Å². The van der Waals surface area contributed by atoms with Crippen LogP contribution < -0.4 is 0 Å². The van der Waals surface area contributed by atoms with Gasteiger partial charge in [0.1, 0.15) is 4.88 Å². The van der Waals surface area contributed by atoms with Crippen LogP contribution in [-0.2, 0) is 4.74 Å². The fraction of sp³-hybridized carbons (Fsp3) is 0.577. The first-order valence-electron chi connectivity index (χ1n) is 11.1.